The summed E-state index contributed by atoms with van der Waals surface area (Å²) in [6.07, 6.45) is -0.0803. The van der Waals surface area contributed by atoms with Gasteiger partial charge in [-0.2, -0.15) is 0 Å². The molecule has 1 aromatic heterocycles. The first-order chi connectivity index (χ1) is 12.1. The zero-order valence-electron chi connectivity index (χ0n) is 13.2. The smallest absolute Gasteiger partial charge is 0.307 e. The molecule has 2 amide bonds. The van der Waals surface area contributed by atoms with Crippen LogP contribution in [0.2, 0.25) is 0 Å². The molecule has 1 aliphatic rings. The molecule has 0 aliphatic carbocycles. The van der Waals surface area contributed by atoms with Crippen LogP contribution in [0.5, 0.6) is 0 Å². The lowest BCUT2D eigenvalue weighted by molar-refractivity contribution is -0.149. The number of hydrogen-bond acceptors (Lipinski definition) is 6. The summed E-state index contributed by atoms with van der Waals surface area (Å²) in [4.78, 5) is 37.6. The van der Waals surface area contributed by atoms with Crippen molar-refractivity contribution >= 4 is 46.6 Å². The maximum absolute atomic E-state index is 12.0. The fraction of sp³-hybridized carbons (Fsp3) is 0.235. The van der Waals surface area contributed by atoms with E-state index < -0.39 is 11.2 Å². The number of fused-ring (bicyclic) bond motifs is 1. The predicted octanol–water partition coefficient (Wildman–Crippen LogP) is 2.41. The number of para-hydroxylation sites is 1. The molecule has 0 saturated carbocycles. The van der Waals surface area contributed by atoms with Gasteiger partial charge in [0.1, 0.15) is 0 Å². The standard InChI is InChI=1S/C17H16N2O4S2/c20-15(18-9-11-4-3-7-24-11)10-23-16(21)8-14-17(22)19-12-5-1-2-6-13(12)25-14/h1-7,14H,8-10H2,(H,18,20)(H,19,22)/t14-/m1/s1. The molecule has 6 nitrogen and oxygen atoms in total. The topological polar surface area (TPSA) is 84.5 Å². The van der Waals surface area contributed by atoms with Crippen molar-refractivity contribution in [3.05, 3.63) is 46.7 Å². The van der Waals surface area contributed by atoms with E-state index in [1.807, 2.05) is 41.8 Å². The summed E-state index contributed by atoms with van der Waals surface area (Å²) in [5, 5.41) is 6.81. The fourth-order valence-corrected chi connectivity index (χ4v) is 3.97. The molecule has 1 aromatic carbocycles. The van der Waals surface area contributed by atoms with Crippen LogP contribution in [-0.4, -0.2) is 29.6 Å². The van der Waals surface area contributed by atoms with Crippen molar-refractivity contribution in [3.63, 3.8) is 0 Å². The lowest BCUT2D eigenvalue weighted by atomic mass is 10.2. The van der Waals surface area contributed by atoms with E-state index in [4.69, 9.17) is 4.74 Å². The van der Waals surface area contributed by atoms with E-state index in [0.717, 1.165) is 15.5 Å². The van der Waals surface area contributed by atoms with Gasteiger partial charge >= 0.3 is 5.97 Å². The summed E-state index contributed by atoms with van der Waals surface area (Å²) in [6.45, 7) is 0.0610. The molecule has 130 valence electrons. The number of ether oxygens (including phenoxy) is 1. The van der Waals surface area contributed by atoms with Crippen LogP contribution in [0.25, 0.3) is 0 Å². The van der Waals surface area contributed by atoms with Gasteiger partial charge in [-0.25, -0.2) is 0 Å². The Balaban J connectivity index is 1.43. The number of amides is 2. The minimum Gasteiger partial charge on any atom is -0.456 e. The molecule has 0 radical (unpaired) electrons. The molecule has 1 atom stereocenters. The SMILES string of the molecule is O=C(COC(=O)C[C@H]1Sc2ccccc2NC1=O)NCc1cccs1. The molecule has 2 N–H and O–H groups in total. The van der Waals surface area contributed by atoms with Crippen LogP contribution in [0.1, 0.15) is 11.3 Å². The molecule has 3 rings (SSSR count). The zero-order valence-corrected chi connectivity index (χ0v) is 14.8. The van der Waals surface area contributed by atoms with Crippen molar-refractivity contribution in [1.29, 1.82) is 0 Å². The number of rotatable bonds is 6. The van der Waals surface area contributed by atoms with Gasteiger partial charge in [0.2, 0.25) is 5.91 Å². The van der Waals surface area contributed by atoms with Crippen LogP contribution in [0.4, 0.5) is 5.69 Å². The number of thiophene rings is 1. The van der Waals surface area contributed by atoms with Crippen LogP contribution in [0.15, 0.2) is 46.7 Å². The van der Waals surface area contributed by atoms with E-state index in [0.29, 0.717) is 6.54 Å². The second-order valence-electron chi connectivity index (χ2n) is 5.31. The van der Waals surface area contributed by atoms with Crippen molar-refractivity contribution in [2.24, 2.45) is 0 Å². The lowest BCUT2D eigenvalue weighted by Crippen LogP contribution is -2.33. The van der Waals surface area contributed by atoms with Crippen molar-refractivity contribution in [1.82, 2.24) is 5.32 Å². The first-order valence-electron chi connectivity index (χ1n) is 7.63. The third kappa shape index (κ3) is 4.83. The Hall–Kier alpha value is -2.32. The first-order valence-corrected chi connectivity index (χ1v) is 9.39. The Bertz CT molecular complexity index is 777. The van der Waals surface area contributed by atoms with Gasteiger partial charge in [0.25, 0.3) is 5.91 Å². The van der Waals surface area contributed by atoms with E-state index in [2.05, 4.69) is 10.6 Å². The van der Waals surface area contributed by atoms with Crippen molar-refractivity contribution in [2.75, 3.05) is 11.9 Å². The Morgan fingerprint density at radius 3 is 2.84 bits per heavy atom. The third-order valence-electron chi connectivity index (χ3n) is 3.46. The van der Waals surface area contributed by atoms with Crippen LogP contribution >= 0.6 is 23.1 Å². The Kier molecular flexibility index (Phi) is 5.72. The van der Waals surface area contributed by atoms with E-state index >= 15 is 0 Å². The summed E-state index contributed by atoms with van der Waals surface area (Å²) in [7, 11) is 0. The lowest BCUT2D eigenvalue weighted by Gasteiger charge is -2.23. The van der Waals surface area contributed by atoms with E-state index in [1.165, 1.54) is 23.1 Å². The summed E-state index contributed by atoms with van der Waals surface area (Å²) in [6, 6.07) is 11.2. The third-order valence-corrected chi connectivity index (χ3v) is 5.61. The van der Waals surface area contributed by atoms with Crippen molar-refractivity contribution in [2.45, 2.75) is 23.1 Å². The zero-order chi connectivity index (χ0) is 17.6. The second kappa shape index (κ2) is 8.17. The number of nitrogens with one attached hydrogen (secondary N) is 2. The monoisotopic (exact) mass is 376 g/mol. The summed E-state index contributed by atoms with van der Waals surface area (Å²) in [5.41, 5.74) is 0.745. The maximum atomic E-state index is 12.0. The van der Waals surface area contributed by atoms with E-state index in [1.54, 1.807) is 0 Å². The highest BCUT2D eigenvalue weighted by Gasteiger charge is 2.29. The Morgan fingerprint density at radius 1 is 1.20 bits per heavy atom. The summed E-state index contributed by atoms with van der Waals surface area (Å²) >= 11 is 2.86. The van der Waals surface area contributed by atoms with Gasteiger partial charge < -0.3 is 15.4 Å². The number of benzene rings is 1. The fourth-order valence-electron chi connectivity index (χ4n) is 2.23. The highest BCUT2D eigenvalue weighted by atomic mass is 32.2. The van der Waals surface area contributed by atoms with E-state index in [9.17, 15) is 14.4 Å². The predicted molar refractivity (Wildman–Crippen MR) is 96.5 cm³/mol. The number of thioether (sulfide) groups is 1. The van der Waals surface area contributed by atoms with Gasteiger partial charge in [0.05, 0.1) is 23.9 Å². The number of anilines is 1. The molecule has 0 saturated heterocycles. The van der Waals surface area contributed by atoms with Crippen LogP contribution in [-0.2, 0) is 25.7 Å². The van der Waals surface area contributed by atoms with Gasteiger partial charge in [-0.15, -0.1) is 23.1 Å². The van der Waals surface area contributed by atoms with Crippen molar-refractivity contribution in [3.8, 4) is 0 Å². The molecule has 1 aliphatic heterocycles. The van der Waals surface area contributed by atoms with Crippen LogP contribution in [0.3, 0.4) is 0 Å². The molecule has 2 heterocycles. The molecule has 0 spiro atoms. The molecular weight excluding hydrogens is 360 g/mol. The highest BCUT2D eigenvalue weighted by Crippen LogP contribution is 2.36. The van der Waals surface area contributed by atoms with Gasteiger partial charge in [0.15, 0.2) is 6.61 Å². The molecule has 0 unspecified atom stereocenters. The van der Waals surface area contributed by atoms with Crippen molar-refractivity contribution < 1.29 is 19.1 Å². The largest absolute Gasteiger partial charge is 0.456 e. The molecule has 0 fully saturated rings. The molecule has 8 heteroatoms. The highest BCUT2D eigenvalue weighted by molar-refractivity contribution is 8.01. The number of hydrogen-bond donors (Lipinski definition) is 2. The van der Waals surface area contributed by atoms with Gasteiger partial charge in [0, 0.05) is 9.77 Å². The first kappa shape index (κ1) is 17.5. The number of carbonyl (C=O) groups is 3. The minimum absolute atomic E-state index is 0.0803. The van der Waals surface area contributed by atoms with Crippen LogP contribution < -0.4 is 10.6 Å². The summed E-state index contributed by atoms with van der Waals surface area (Å²) < 4.78 is 4.97. The average molecular weight is 376 g/mol. The second-order valence-corrected chi connectivity index (χ2v) is 7.59. The van der Waals surface area contributed by atoms with Gasteiger partial charge in [-0.3, -0.25) is 14.4 Å². The molecule has 25 heavy (non-hydrogen) atoms. The minimum atomic E-state index is -0.571. The molecular formula is C17H16N2O4S2. The quantitative estimate of drug-likeness (QED) is 0.757. The molecule has 0 bridgehead atoms. The van der Waals surface area contributed by atoms with Gasteiger partial charge in [-0.1, -0.05) is 18.2 Å². The molecule has 2 aromatic rings. The normalized spacial score (nSPS) is 15.8. The number of carbonyl (C=O) groups excluding carboxylic acids is 3. The Labute approximate surface area is 152 Å². The van der Waals surface area contributed by atoms with Gasteiger partial charge in [-0.05, 0) is 23.6 Å². The summed E-state index contributed by atoms with van der Waals surface area (Å²) in [5.74, 6) is -1.17. The Morgan fingerprint density at radius 2 is 2.04 bits per heavy atom. The maximum Gasteiger partial charge on any atom is 0.307 e. The average Bonchev–Trinajstić information content (AvgIpc) is 3.12. The van der Waals surface area contributed by atoms with Crippen LogP contribution in [0, 0.1) is 0 Å². The number of esters is 1. The van der Waals surface area contributed by atoms with E-state index in [-0.39, 0.29) is 24.8 Å².